The lowest BCUT2D eigenvalue weighted by molar-refractivity contribution is 0.282. The fourth-order valence-corrected chi connectivity index (χ4v) is 2.15. The maximum atomic E-state index is 9.31. The zero-order chi connectivity index (χ0) is 14.3. The molecular weight excluding hydrogens is 236 g/mol. The van der Waals surface area contributed by atoms with Crippen molar-refractivity contribution in [2.24, 2.45) is 0 Å². The van der Waals surface area contributed by atoms with Crippen molar-refractivity contribution in [3.63, 3.8) is 0 Å². The Morgan fingerprint density at radius 2 is 2.11 bits per heavy atom. The fraction of sp³-hybridized carbons (Fsp3) is 0.562. The van der Waals surface area contributed by atoms with E-state index in [2.05, 4.69) is 31.7 Å². The lowest BCUT2D eigenvalue weighted by Gasteiger charge is -2.31. The zero-order valence-electron chi connectivity index (χ0n) is 12.2. The van der Waals surface area contributed by atoms with Crippen molar-refractivity contribution >= 4 is 5.69 Å². The minimum absolute atomic E-state index is 0.0206. The molecule has 0 fully saturated rings. The van der Waals surface area contributed by atoms with Gasteiger partial charge in [-0.1, -0.05) is 26.3 Å². The molecule has 0 bridgehead atoms. The van der Waals surface area contributed by atoms with Crippen LogP contribution in [0.2, 0.25) is 0 Å². The van der Waals surface area contributed by atoms with E-state index in [-0.39, 0.29) is 6.61 Å². The molecule has 104 valence electrons. The van der Waals surface area contributed by atoms with Gasteiger partial charge in [-0.25, -0.2) is 0 Å². The van der Waals surface area contributed by atoms with E-state index < -0.39 is 0 Å². The molecule has 0 aliphatic rings. The minimum atomic E-state index is -0.0206. The van der Waals surface area contributed by atoms with E-state index in [1.807, 2.05) is 12.1 Å². The molecular formula is C16H24N2O. The topological polar surface area (TPSA) is 47.3 Å². The van der Waals surface area contributed by atoms with E-state index in [0.29, 0.717) is 11.6 Å². The highest BCUT2D eigenvalue weighted by atomic mass is 16.3. The molecule has 0 saturated carbocycles. The molecule has 3 nitrogen and oxygen atoms in total. The Balaban J connectivity index is 3.10. The van der Waals surface area contributed by atoms with Gasteiger partial charge < -0.3 is 10.0 Å². The second-order valence-corrected chi connectivity index (χ2v) is 4.93. The maximum Gasteiger partial charge on any atom is 0.101 e. The van der Waals surface area contributed by atoms with Crippen LogP contribution in [0.15, 0.2) is 18.2 Å². The van der Waals surface area contributed by atoms with Crippen molar-refractivity contribution in [2.75, 3.05) is 11.4 Å². The van der Waals surface area contributed by atoms with Gasteiger partial charge in [-0.15, -0.1) is 0 Å². The molecule has 1 aromatic carbocycles. The first-order valence-corrected chi connectivity index (χ1v) is 7.08. The van der Waals surface area contributed by atoms with Crippen molar-refractivity contribution < 1.29 is 5.11 Å². The van der Waals surface area contributed by atoms with E-state index in [0.717, 1.165) is 37.1 Å². The number of nitrogens with zero attached hydrogens (tertiary/aromatic N) is 2. The van der Waals surface area contributed by atoms with Crippen LogP contribution in [0.1, 0.15) is 51.2 Å². The summed E-state index contributed by atoms with van der Waals surface area (Å²) in [4.78, 5) is 2.31. The summed E-state index contributed by atoms with van der Waals surface area (Å²) in [6.45, 7) is 7.48. The van der Waals surface area contributed by atoms with Crippen LogP contribution >= 0.6 is 0 Å². The van der Waals surface area contributed by atoms with Crippen LogP contribution in [0, 0.1) is 11.3 Å². The molecule has 0 aromatic heterocycles. The van der Waals surface area contributed by atoms with Gasteiger partial charge in [0.25, 0.3) is 0 Å². The standard InChI is InChI=1S/C16H24N2O/c1-4-6-9-18(13(3)5-2)16-8-7-14(12-19)10-15(16)11-17/h7-8,10,13,19H,4-6,9,12H2,1-3H3. The minimum Gasteiger partial charge on any atom is -0.392 e. The van der Waals surface area contributed by atoms with Crippen LogP contribution in [-0.4, -0.2) is 17.7 Å². The highest BCUT2D eigenvalue weighted by molar-refractivity contribution is 5.61. The molecule has 0 aliphatic heterocycles. The molecule has 0 saturated heterocycles. The Hall–Kier alpha value is -1.53. The summed E-state index contributed by atoms with van der Waals surface area (Å²) in [6.07, 6.45) is 3.32. The first-order valence-electron chi connectivity index (χ1n) is 7.08. The van der Waals surface area contributed by atoms with E-state index in [4.69, 9.17) is 5.11 Å². The Kier molecular flexibility index (Phi) is 6.38. The van der Waals surface area contributed by atoms with Crippen molar-refractivity contribution in [3.05, 3.63) is 29.3 Å². The number of rotatable bonds is 7. The predicted molar refractivity (Wildman–Crippen MR) is 79.1 cm³/mol. The molecule has 3 heteroatoms. The van der Waals surface area contributed by atoms with Crippen molar-refractivity contribution in [3.8, 4) is 6.07 Å². The quantitative estimate of drug-likeness (QED) is 0.816. The number of anilines is 1. The summed E-state index contributed by atoms with van der Waals surface area (Å²) >= 11 is 0. The van der Waals surface area contributed by atoms with Crippen LogP contribution < -0.4 is 4.90 Å². The lowest BCUT2D eigenvalue weighted by atomic mass is 10.1. The SMILES string of the molecule is CCCCN(c1ccc(CO)cc1C#N)C(C)CC. The maximum absolute atomic E-state index is 9.31. The Morgan fingerprint density at radius 1 is 1.37 bits per heavy atom. The molecule has 1 atom stereocenters. The fourth-order valence-electron chi connectivity index (χ4n) is 2.15. The first-order chi connectivity index (χ1) is 9.17. The second kappa shape index (κ2) is 7.81. The Bertz CT molecular complexity index is 437. The van der Waals surface area contributed by atoms with Gasteiger partial charge in [0.2, 0.25) is 0 Å². The summed E-state index contributed by atoms with van der Waals surface area (Å²) in [5.41, 5.74) is 2.44. The number of benzene rings is 1. The molecule has 0 aliphatic carbocycles. The van der Waals surface area contributed by atoms with E-state index in [1.54, 1.807) is 6.07 Å². The summed E-state index contributed by atoms with van der Waals surface area (Å²) in [7, 11) is 0. The summed E-state index contributed by atoms with van der Waals surface area (Å²) in [5.74, 6) is 0. The first kappa shape index (κ1) is 15.5. The molecule has 0 spiro atoms. The monoisotopic (exact) mass is 260 g/mol. The van der Waals surface area contributed by atoms with E-state index >= 15 is 0 Å². The molecule has 0 radical (unpaired) electrons. The smallest absolute Gasteiger partial charge is 0.101 e. The normalized spacial score (nSPS) is 11.9. The van der Waals surface area contributed by atoms with Gasteiger partial charge >= 0.3 is 0 Å². The van der Waals surface area contributed by atoms with E-state index in [9.17, 15) is 5.26 Å². The van der Waals surface area contributed by atoms with Gasteiger partial charge in [0.1, 0.15) is 6.07 Å². The van der Waals surface area contributed by atoms with Crippen LogP contribution in [-0.2, 0) is 6.61 Å². The van der Waals surface area contributed by atoms with Gasteiger partial charge in [0, 0.05) is 12.6 Å². The summed E-state index contributed by atoms with van der Waals surface area (Å²) in [6, 6.07) is 8.32. The zero-order valence-corrected chi connectivity index (χ0v) is 12.2. The van der Waals surface area contributed by atoms with Crippen LogP contribution in [0.3, 0.4) is 0 Å². The third-order valence-corrected chi connectivity index (χ3v) is 3.55. The summed E-state index contributed by atoms with van der Waals surface area (Å²) in [5, 5.41) is 18.5. The number of aliphatic hydroxyl groups excluding tert-OH is 1. The van der Waals surface area contributed by atoms with Gasteiger partial charge in [-0.05, 0) is 37.5 Å². The largest absolute Gasteiger partial charge is 0.392 e. The molecule has 1 unspecified atom stereocenters. The van der Waals surface area contributed by atoms with Crippen LogP contribution in [0.25, 0.3) is 0 Å². The number of hydrogen-bond acceptors (Lipinski definition) is 3. The molecule has 1 N–H and O–H groups in total. The van der Waals surface area contributed by atoms with Crippen molar-refractivity contribution in [1.29, 1.82) is 5.26 Å². The third kappa shape index (κ3) is 3.97. The number of hydrogen-bond donors (Lipinski definition) is 1. The second-order valence-electron chi connectivity index (χ2n) is 4.93. The molecule has 1 rings (SSSR count). The highest BCUT2D eigenvalue weighted by Crippen LogP contribution is 2.25. The van der Waals surface area contributed by atoms with Crippen molar-refractivity contribution in [2.45, 2.75) is 52.7 Å². The third-order valence-electron chi connectivity index (χ3n) is 3.55. The Labute approximate surface area is 116 Å². The van der Waals surface area contributed by atoms with Gasteiger partial charge in [-0.2, -0.15) is 5.26 Å². The molecule has 19 heavy (non-hydrogen) atoms. The Morgan fingerprint density at radius 3 is 2.63 bits per heavy atom. The summed E-state index contributed by atoms with van der Waals surface area (Å²) < 4.78 is 0. The molecule has 0 amide bonds. The van der Waals surface area contributed by atoms with E-state index in [1.165, 1.54) is 0 Å². The number of nitriles is 1. The number of aliphatic hydroxyl groups is 1. The average molecular weight is 260 g/mol. The highest BCUT2D eigenvalue weighted by Gasteiger charge is 2.16. The molecule has 0 heterocycles. The average Bonchev–Trinajstić information content (AvgIpc) is 2.47. The van der Waals surface area contributed by atoms with Gasteiger partial charge in [0.15, 0.2) is 0 Å². The van der Waals surface area contributed by atoms with Gasteiger partial charge in [0.05, 0.1) is 17.9 Å². The van der Waals surface area contributed by atoms with Crippen LogP contribution in [0.5, 0.6) is 0 Å². The van der Waals surface area contributed by atoms with Gasteiger partial charge in [-0.3, -0.25) is 0 Å². The van der Waals surface area contributed by atoms with Crippen LogP contribution in [0.4, 0.5) is 5.69 Å². The molecule has 1 aromatic rings. The van der Waals surface area contributed by atoms with Crippen molar-refractivity contribution in [1.82, 2.24) is 0 Å². The number of unbranched alkanes of at least 4 members (excludes halogenated alkanes) is 1. The predicted octanol–water partition coefficient (Wildman–Crippen LogP) is 3.46. The lowest BCUT2D eigenvalue weighted by Crippen LogP contribution is -2.34.